The van der Waals surface area contributed by atoms with Crippen molar-refractivity contribution >= 4 is 11.8 Å². The Hall–Kier alpha value is -1.10. The Labute approximate surface area is 341 Å². The Morgan fingerprint density at radius 3 is 0.574 bits per heavy atom. The van der Waals surface area contributed by atoms with Gasteiger partial charge in [0, 0.05) is 12.8 Å². The zero-order valence-corrected chi connectivity index (χ0v) is 38.1. The Kier molecular flexibility index (Phi) is 57.2. The van der Waals surface area contributed by atoms with E-state index in [2.05, 4.69) is 39.8 Å². The third kappa shape index (κ3) is 65.8. The van der Waals surface area contributed by atoms with E-state index in [1.165, 1.54) is 244 Å². The Morgan fingerprint density at radius 2 is 0.463 bits per heavy atom. The van der Waals surface area contributed by atoms with Crippen molar-refractivity contribution in [3.63, 3.8) is 0 Å². The second kappa shape index (κ2) is 54.0. The summed E-state index contributed by atoms with van der Waals surface area (Å²) in [6, 6.07) is 0. The van der Waals surface area contributed by atoms with Gasteiger partial charge in [-0.2, -0.15) is 0 Å². The van der Waals surface area contributed by atoms with E-state index in [0.29, 0.717) is 12.8 Å². The summed E-state index contributed by atoms with van der Waals surface area (Å²) < 4.78 is 0. The highest BCUT2D eigenvalue weighted by molar-refractivity contribution is 5.73. The smallest absolute Gasteiger partial charge is 0.217 e. The van der Waals surface area contributed by atoms with Gasteiger partial charge in [0.15, 0.2) is 0 Å². The molecular formula is C49H103N3O2. The number of hydrogen-bond donors (Lipinski definition) is 2. The number of hydrogen-bond acceptors (Lipinski definition) is 3. The van der Waals surface area contributed by atoms with Gasteiger partial charge in [0.25, 0.3) is 0 Å². The lowest BCUT2D eigenvalue weighted by Gasteiger charge is -2.03. The predicted octanol–water partition coefficient (Wildman–Crippen LogP) is 15.5. The van der Waals surface area contributed by atoms with Crippen molar-refractivity contribution in [2.45, 2.75) is 284 Å². The van der Waals surface area contributed by atoms with E-state index in [4.69, 9.17) is 11.5 Å². The van der Waals surface area contributed by atoms with Gasteiger partial charge in [0.05, 0.1) is 0 Å². The summed E-state index contributed by atoms with van der Waals surface area (Å²) in [7, 11) is 4.17. The van der Waals surface area contributed by atoms with Gasteiger partial charge in [0.1, 0.15) is 0 Å². The quantitative estimate of drug-likeness (QED) is 0.0606. The summed E-state index contributed by atoms with van der Waals surface area (Å²) in [6.45, 7) is 7.96. The molecule has 0 spiro atoms. The van der Waals surface area contributed by atoms with Crippen molar-refractivity contribution in [2.75, 3.05) is 20.6 Å². The van der Waals surface area contributed by atoms with Crippen LogP contribution < -0.4 is 11.5 Å². The van der Waals surface area contributed by atoms with Crippen molar-refractivity contribution in [1.82, 2.24) is 4.90 Å². The molecule has 0 radical (unpaired) electrons. The van der Waals surface area contributed by atoms with E-state index in [0.717, 1.165) is 12.8 Å². The number of nitrogens with two attached hydrogens (primary N) is 2. The molecule has 0 aliphatic carbocycles. The van der Waals surface area contributed by atoms with Crippen molar-refractivity contribution in [2.24, 2.45) is 11.5 Å². The van der Waals surface area contributed by atoms with Crippen LogP contribution in [0.15, 0.2) is 0 Å². The fourth-order valence-corrected chi connectivity index (χ4v) is 7.20. The molecule has 5 nitrogen and oxygen atoms in total. The molecule has 0 bridgehead atoms. The van der Waals surface area contributed by atoms with E-state index in [-0.39, 0.29) is 11.8 Å². The summed E-state index contributed by atoms with van der Waals surface area (Å²) in [6.07, 6.45) is 54.9. The highest BCUT2D eigenvalue weighted by Gasteiger charge is 1.98. The van der Waals surface area contributed by atoms with E-state index >= 15 is 0 Å². The summed E-state index contributed by atoms with van der Waals surface area (Å²) in [5.74, 6) is -0.302. The lowest BCUT2D eigenvalue weighted by Crippen LogP contribution is -2.11. The molecule has 0 aromatic heterocycles. The van der Waals surface area contributed by atoms with Gasteiger partial charge >= 0.3 is 0 Å². The maximum atomic E-state index is 10.6. The first-order valence-electron chi connectivity index (χ1n) is 24.5. The van der Waals surface area contributed by atoms with Crippen LogP contribution in [0.4, 0.5) is 0 Å². The van der Waals surface area contributed by atoms with Crippen LogP contribution in [0.1, 0.15) is 284 Å². The van der Waals surface area contributed by atoms with Crippen LogP contribution in [0.2, 0.25) is 0 Å². The minimum absolute atomic E-state index is 0.151. The minimum atomic E-state index is -0.151. The topological polar surface area (TPSA) is 89.4 Å². The highest BCUT2D eigenvalue weighted by atomic mass is 16.1. The number of primary amides is 2. The number of nitrogens with zero attached hydrogens (tertiary/aromatic N) is 1. The molecule has 54 heavy (non-hydrogen) atoms. The summed E-state index contributed by atoms with van der Waals surface area (Å²) >= 11 is 0. The van der Waals surface area contributed by atoms with Crippen molar-refractivity contribution in [3.05, 3.63) is 0 Å². The maximum absolute atomic E-state index is 10.6. The molecule has 4 N–H and O–H groups in total. The maximum Gasteiger partial charge on any atom is 0.217 e. The molecule has 326 valence electrons. The van der Waals surface area contributed by atoms with Gasteiger partial charge in [-0.15, -0.1) is 0 Å². The molecule has 0 fully saturated rings. The Bertz CT molecular complexity index is 632. The fourth-order valence-electron chi connectivity index (χ4n) is 7.20. The second-order valence-electron chi connectivity index (χ2n) is 17.0. The van der Waals surface area contributed by atoms with Crippen LogP contribution >= 0.6 is 0 Å². The van der Waals surface area contributed by atoms with Crippen LogP contribution in [-0.2, 0) is 9.59 Å². The zero-order valence-electron chi connectivity index (χ0n) is 38.1. The van der Waals surface area contributed by atoms with E-state index in [1.54, 1.807) is 0 Å². The Morgan fingerprint density at radius 1 is 0.296 bits per heavy atom. The molecule has 0 atom stereocenters. The van der Waals surface area contributed by atoms with Crippen LogP contribution in [0.25, 0.3) is 0 Å². The predicted molar refractivity (Wildman–Crippen MR) is 243 cm³/mol. The highest BCUT2D eigenvalue weighted by Crippen LogP contribution is 2.16. The second-order valence-corrected chi connectivity index (χ2v) is 17.0. The van der Waals surface area contributed by atoms with Gasteiger partial charge in [0.2, 0.25) is 11.8 Å². The van der Waals surface area contributed by atoms with Gasteiger partial charge in [-0.1, -0.05) is 252 Å². The average Bonchev–Trinajstić information content (AvgIpc) is 3.14. The molecule has 0 aliphatic rings. The number of amides is 2. The van der Waals surface area contributed by atoms with Crippen LogP contribution in [0.5, 0.6) is 0 Å². The standard InChI is InChI=1S/2C22H45NO.C5H13N/c2*1-2-3-4-5-6-7-8-9-10-11-12-13-14-15-16-17-18-19-20-21-22(23)24;1-4-5-6(2)3/h2*2-21H2,1H3,(H2,23,24);4-5H2,1-3H3. The first kappa shape index (κ1) is 57.2. The molecule has 5 heteroatoms. The van der Waals surface area contributed by atoms with Crippen LogP contribution in [-0.4, -0.2) is 37.4 Å². The number of carbonyl (C=O) groups is 2. The van der Waals surface area contributed by atoms with Crippen molar-refractivity contribution in [3.8, 4) is 0 Å². The van der Waals surface area contributed by atoms with Gasteiger partial charge in [-0.05, 0) is 39.9 Å². The first-order chi connectivity index (χ1) is 26.3. The molecule has 0 saturated carbocycles. The molecule has 0 aromatic rings. The van der Waals surface area contributed by atoms with Gasteiger partial charge in [-0.3, -0.25) is 9.59 Å². The zero-order chi connectivity index (χ0) is 40.4. The molecule has 0 heterocycles. The first-order valence-corrected chi connectivity index (χ1v) is 24.5. The minimum Gasteiger partial charge on any atom is -0.370 e. The molecule has 0 saturated heterocycles. The largest absolute Gasteiger partial charge is 0.370 e. The lowest BCUT2D eigenvalue weighted by molar-refractivity contribution is -0.119. The summed E-state index contributed by atoms with van der Waals surface area (Å²) in [4.78, 5) is 23.4. The number of carbonyl (C=O) groups excluding carboxylic acids is 2. The monoisotopic (exact) mass is 766 g/mol. The lowest BCUT2D eigenvalue weighted by atomic mass is 10.0. The van der Waals surface area contributed by atoms with E-state index in [9.17, 15) is 9.59 Å². The third-order valence-electron chi connectivity index (χ3n) is 10.7. The molecule has 0 rings (SSSR count). The normalized spacial score (nSPS) is 10.9. The van der Waals surface area contributed by atoms with E-state index < -0.39 is 0 Å². The van der Waals surface area contributed by atoms with Crippen LogP contribution in [0.3, 0.4) is 0 Å². The third-order valence-corrected chi connectivity index (χ3v) is 10.7. The van der Waals surface area contributed by atoms with Gasteiger partial charge in [-0.25, -0.2) is 0 Å². The molecule has 0 unspecified atom stereocenters. The molecule has 2 amide bonds. The summed E-state index contributed by atoms with van der Waals surface area (Å²) in [5.41, 5.74) is 10.3. The number of unbranched alkanes of at least 4 members (excludes halogenated alkanes) is 36. The SMILES string of the molecule is CCCCCCCCCCCCCCCCCCCCCC(N)=O.CCCCCCCCCCCCCCCCCCCCCC(N)=O.CCCN(C)C. The fraction of sp³-hybridized carbons (Fsp3) is 0.959. The van der Waals surface area contributed by atoms with Crippen LogP contribution in [0, 0.1) is 0 Å². The molecular weight excluding hydrogens is 663 g/mol. The Balaban J connectivity index is -0.000000835. The summed E-state index contributed by atoms with van der Waals surface area (Å²) in [5, 5.41) is 0. The molecule has 0 aromatic carbocycles. The molecule has 0 aliphatic heterocycles. The number of rotatable bonds is 42. The van der Waals surface area contributed by atoms with Crippen molar-refractivity contribution in [1.29, 1.82) is 0 Å². The van der Waals surface area contributed by atoms with E-state index in [1.807, 2.05) is 0 Å². The van der Waals surface area contributed by atoms with Gasteiger partial charge < -0.3 is 16.4 Å². The van der Waals surface area contributed by atoms with Crippen molar-refractivity contribution < 1.29 is 9.59 Å². The average molecular weight is 766 g/mol.